The maximum absolute atomic E-state index is 13.1. The summed E-state index contributed by atoms with van der Waals surface area (Å²) in [6.07, 6.45) is 4.25. The Hall–Kier alpha value is -1.83. The number of piperidine rings is 1. The van der Waals surface area contributed by atoms with Crippen molar-refractivity contribution in [2.45, 2.75) is 37.8 Å². The second kappa shape index (κ2) is 10.7. The van der Waals surface area contributed by atoms with Crippen LogP contribution in [-0.4, -0.2) is 103 Å². The second-order valence-corrected chi connectivity index (χ2v) is 8.76. The molecule has 7 nitrogen and oxygen atoms in total. The van der Waals surface area contributed by atoms with Gasteiger partial charge in [-0.2, -0.15) is 0 Å². The SMILES string of the molecule is Cl.[2H]c1cc(OC)ccc1C(=O)N(CC(=O)N1CCN(C2CCN(C)CC2)CC1)C1CC1. The molecule has 1 aromatic carbocycles. The Morgan fingerprint density at radius 1 is 1.06 bits per heavy atom. The Morgan fingerprint density at radius 3 is 2.32 bits per heavy atom. The molecule has 172 valence electrons. The number of piperazine rings is 1. The van der Waals surface area contributed by atoms with Crippen LogP contribution in [0.2, 0.25) is 0 Å². The highest BCUT2D eigenvalue weighted by Gasteiger charge is 2.36. The first-order valence-corrected chi connectivity index (χ1v) is 11.1. The zero-order chi connectivity index (χ0) is 22.0. The van der Waals surface area contributed by atoms with Crippen LogP contribution in [0, 0.1) is 0 Å². The molecule has 0 bridgehead atoms. The minimum atomic E-state index is -0.228. The van der Waals surface area contributed by atoms with E-state index in [2.05, 4.69) is 16.8 Å². The maximum atomic E-state index is 13.1. The summed E-state index contributed by atoms with van der Waals surface area (Å²) in [5.74, 6) is 0.342. The first-order chi connectivity index (χ1) is 15.0. The van der Waals surface area contributed by atoms with E-state index in [1.807, 2.05) is 4.90 Å². The summed E-state index contributed by atoms with van der Waals surface area (Å²) >= 11 is 0. The quantitative estimate of drug-likeness (QED) is 0.661. The Labute approximate surface area is 193 Å². The number of amides is 2. The Balaban J connectivity index is 0.00000289. The van der Waals surface area contributed by atoms with Gasteiger partial charge in [-0.05, 0) is 70.1 Å². The molecule has 0 atom stereocenters. The maximum Gasteiger partial charge on any atom is 0.254 e. The van der Waals surface area contributed by atoms with Gasteiger partial charge in [-0.3, -0.25) is 14.5 Å². The smallest absolute Gasteiger partial charge is 0.254 e. The second-order valence-electron chi connectivity index (χ2n) is 8.76. The number of methoxy groups -OCH3 is 1. The van der Waals surface area contributed by atoms with Crippen molar-refractivity contribution < 1.29 is 15.7 Å². The zero-order valence-corrected chi connectivity index (χ0v) is 19.4. The highest BCUT2D eigenvalue weighted by Crippen LogP contribution is 2.29. The molecule has 2 aliphatic heterocycles. The zero-order valence-electron chi connectivity index (χ0n) is 19.6. The summed E-state index contributed by atoms with van der Waals surface area (Å²) in [7, 11) is 3.72. The predicted molar refractivity (Wildman–Crippen MR) is 123 cm³/mol. The van der Waals surface area contributed by atoms with Gasteiger partial charge >= 0.3 is 0 Å². The third-order valence-corrected chi connectivity index (χ3v) is 6.68. The summed E-state index contributed by atoms with van der Waals surface area (Å²) in [4.78, 5) is 34.7. The van der Waals surface area contributed by atoms with Crippen LogP contribution < -0.4 is 4.74 Å². The van der Waals surface area contributed by atoms with Gasteiger partial charge < -0.3 is 19.4 Å². The monoisotopic (exact) mass is 451 g/mol. The fraction of sp³-hybridized carbons (Fsp3) is 0.652. The normalized spacial score (nSPS) is 21.2. The average Bonchev–Trinajstić information content (AvgIpc) is 3.62. The van der Waals surface area contributed by atoms with Crippen LogP contribution in [0.5, 0.6) is 5.75 Å². The van der Waals surface area contributed by atoms with Crippen molar-refractivity contribution in [2.75, 3.05) is 60.0 Å². The fourth-order valence-corrected chi connectivity index (χ4v) is 4.52. The summed E-state index contributed by atoms with van der Waals surface area (Å²) in [6.45, 7) is 5.66. The molecule has 1 saturated carbocycles. The van der Waals surface area contributed by atoms with Gasteiger partial charge in [-0.1, -0.05) is 0 Å². The molecule has 3 aliphatic rings. The van der Waals surface area contributed by atoms with Gasteiger partial charge in [0, 0.05) is 43.8 Å². The molecule has 2 heterocycles. The summed E-state index contributed by atoms with van der Waals surface area (Å²) in [5.41, 5.74) is 0.326. The largest absolute Gasteiger partial charge is 0.497 e. The van der Waals surface area contributed by atoms with Gasteiger partial charge in [0.1, 0.15) is 12.3 Å². The first kappa shape index (κ1) is 22.4. The third kappa shape index (κ3) is 5.90. The van der Waals surface area contributed by atoms with Crippen molar-refractivity contribution in [3.8, 4) is 5.75 Å². The molecule has 0 unspecified atom stereocenters. The summed E-state index contributed by atoms with van der Waals surface area (Å²) < 4.78 is 13.3. The van der Waals surface area contributed by atoms with Crippen LogP contribution in [0.3, 0.4) is 0 Å². The summed E-state index contributed by atoms with van der Waals surface area (Å²) in [6, 6.07) is 5.74. The number of carbonyl (C=O) groups is 2. The van der Waals surface area contributed by atoms with E-state index >= 15 is 0 Å². The van der Waals surface area contributed by atoms with E-state index in [0.29, 0.717) is 17.4 Å². The number of carbonyl (C=O) groups excluding carboxylic acids is 2. The molecule has 1 aliphatic carbocycles. The van der Waals surface area contributed by atoms with E-state index < -0.39 is 0 Å². The predicted octanol–water partition coefficient (Wildman–Crippen LogP) is 1.96. The summed E-state index contributed by atoms with van der Waals surface area (Å²) in [5, 5.41) is 0. The minimum Gasteiger partial charge on any atom is -0.497 e. The Kier molecular flexibility index (Phi) is 7.69. The van der Waals surface area contributed by atoms with E-state index in [-0.39, 0.29) is 42.9 Å². The van der Waals surface area contributed by atoms with E-state index in [9.17, 15) is 9.59 Å². The number of rotatable bonds is 6. The fourth-order valence-electron chi connectivity index (χ4n) is 4.52. The molecule has 0 spiro atoms. The van der Waals surface area contributed by atoms with Crippen LogP contribution in [-0.2, 0) is 4.79 Å². The van der Waals surface area contributed by atoms with Gasteiger partial charge in [-0.15, -0.1) is 12.4 Å². The first-order valence-electron chi connectivity index (χ1n) is 11.6. The topological polar surface area (TPSA) is 56.3 Å². The molecule has 0 aromatic heterocycles. The molecule has 1 aromatic rings. The van der Waals surface area contributed by atoms with Crippen LogP contribution in [0.4, 0.5) is 0 Å². The molecule has 8 heteroatoms. The van der Waals surface area contributed by atoms with Crippen molar-refractivity contribution in [1.82, 2.24) is 19.6 Å². The minimum absolute atomic E-state index is 0. The average molecular weight is 452 g/mol. The standard InChI is InChI=1S/C23H34N4O3.ClH/c1-24-11-9-19(10-12-24)25-13-15-26(16-14-25)22(28)17-27(20-5-6-20)23(29)18-3-7-21(30-2)8-4-18;/h3-4,7-8,19-20H,5-6,9-17H2,1-2H3;1H/i3D;. The Bertz CT molecular complexity index is 806. The molecule has 3 fully saturated rings. The van der Waals surface area contributed by atoms with Crippen LogP contribution in [0.25, 0.3) is 0 Å². The van der Waals surface area contributed by atoms with Gasteiger partial charge in [-0.25, -0.2) is 0 Å². The molecular formula is C23H35ClN4O3. The van der Waals surface area contributed by atoms with E-state index in [1.54, 1.807) is 23.1 Å². The number of nitrogens with zero attached hydrogens (tertiary/aromatic N) is 4. The lowest BCUT2D eigenvalue weighted by Gasteiger charge is -2.42. The van der Waals surface area contributed by atoms with Crippen LogP contribution in [0.1, 0.15) is 37.4 Å². The van der Waals surface area contributed by atoms with Crippen molar-refractivity contribution in [3.05, 3.63) is 29.8 Å². The molecule has 2 saturated heterocycles. The molecule has 2 amide bonds. The molecule has 31 heavy (non-hydrogen) atoms. The lowest BCUT2D eigenvalue weighted by atomic mass is 10.0. The van der Waals surface area contributed by atoms with E-state index in [4.69, 9.17) is 6.11 Å². The van der Waals surface area contributed by atoms with Gasteiger partial charge in [0.25, 0.3) is 5.91 Å². The van der Waals surface area contributed by atoms with Gasteiger partial charge in [0.15, 0.2) is 0 Å². The van der Waals surface area contributed by atoms with Crippen molar-refractivity contribution >= 4 is 24.2 Å². The number of benzene rings is 1. The lowest BCUT2D eigenvalue weighted by molar-refractivity contribution is -0.134. The Morgan fingerprint density at radius 2 is 1.74 bits per heavy atom. The third-order valence-electron chi connectivity index (χ3n) is 6.68. The van der Waals surface area contributed by atoms with Crippen molar-refractivity contribution in [2.24, 2.45) is 0 Å². The highest BCUT2D eigenvalue weighted by molar-refractivity contribution is 5.97. The molecule has 0 radical (unpaired) electrons. The van der Waals surface area contributed by atoms with Crippen molar-refractivity contribution in [3.63, 3.8) is 0 Å². The van der Waals surface area contributed by atoms with E-state index in [0.717, 1.165) is 52.1 Å². The number of likely N-dealkylation sites (tertiary alicyclic amines) is 1. The number of halogens is 1. The number of hydrogen-bond acceptors (Lipinski definition) is 5. The van der Waals surface area contributed by atoms with E-state index in [1.165, 1.54) is 20.0 Å². The lowest BCUT2D eigenvalue weighted by Crippen LogP contribution is -2.55. The number of hydrogen-bond donors (Lipinski definition) is 0. The van der Waals surface area contributed by atoms with Gasteiger partial charge in [0.05, 0.1) is 8.48 Å². The van der Waals surface area contributed by atoms with Gasteiger partial charge in [0.2, 0.25) is 5.91 Å². The van der Waals surface area contributed by atoms with Crippen LogP contribution in [0.15, 0.2) is 24.2 Å². The molecule has 4 rings (SSSR count). The van der Waals surface area contributed by atoms with Crippen molar-refractivity contribution in [1.29, 1.82) is 0 Å². The molecule has 0 N–H and O–H groups in total. The number of ether oxygens (including phenoxy) is 1. The van der Waals surface area contributed by atoms with Crippen LogP contribution >= 0.6 is 12.4 Å². The highest BCUT2D eigenvalue weighted by atomic mass is 35.5. The molecular weight excluding hydrogens is 416 g/mol.